The fraction of sp³-hybridized carbons (Fsp3) is 0.182. The third-order valence-electron chi connectivity index (χ3n) is 2.29. The smallest absolute Gasteiger partial charge is 0.242 e. The third kappa shape index (κ3) is 2.98. The lowest BCUT2D eigenvalue weighted by atomic mass is 10.3. The molecule has 1 atom stereocenters. The number of nitrogens with zero attached hydrogens (tertiary/aromatic N) is 1. The molecule has 0 spiro atoms. The molecule has 0 aromatic carbocycles. The molecule has 2 heterocycles. The molecule has 0 saturated carbocycles. The van der Waals surface area contributed by atoms with Crippen molar-refractivity contribution in [1.29, 1.82) is 0 Å². The second kappa shape index (κ2) is 5.21. The third-order valence-corrected chi connectivity index (χ3v) is 4.23. The predicted molar refractivity (Wildman–Crippen MR) is 69.4 cm³/mol. The molecule has 0 bridgehead atoms. The molecule has 0 aliphatic heterocycles. The van der Waals surface area contributed by atoms with E-state index in [-0.39, 0.29) is 4.90 Å². The number of aromatic nitrogens is 1. The van der Waals surface area contributed by atoms with Gasteiger partial charge in [-0.2, -0.15) is 0 Å². The van der Waals surface area contributed by atoms with Crippen LogP contribution in [0.25, 0.3) is 0 Å². The SMILES string of the molecule is CC(NS(=O)(=O)c1cncc(Br)c1)c1ccco1. The molecule has 0 aliphatic rings. The molecular formula is C11H11BrN2O3S. The predicted octanol–water partition coefficient (Wildman–Crippen LogP) is 2.48. The maximum atomic E-state index is 12.1. The van der Waals surface area contributed by atoms with Gasteiger partial charge in [0.2, 0.25) is 10.0 Å². The summed E-state index contributed by atoms with van der Waals surface area (Å²) in [5, 5.41) is 0. The second-order valence-corrected chi connectivity index (χ2v) is 6.33. The molecular weight excluding hydrogens is 320 g/mol. The van der Waals surface area contributed by atoms with Crippen molar-refractivity contribution in [2.24, 2.45) is 0 Å². The summed E-state index contributed by atoms with van der Waals surface area (Å²) < 4.78 is 32.4. The van der Waals surface area contributed by atoms with Crippen LogP contribution >= 0.6 is 15.9 Å². The van der Waals surface area contributed by atoms with Gasteiger partial charge in [0.15, 0.2) is 0 Å². The van der Waals surface area contributed by atoms with E-state index in [0.717, 1.165) is 0 Å². The van der Waals surface area contributed by atoms with Crippen molar-refractivity contribution in [3.63, 3.8) is 0 Å². The summed E-state index contributed by atoms with van der Waals surface area (Å²) in [6.45, 7) is 1.71. The van der Waals surface area contributed by atoms with Gasteiger partial charge in [0.25, 0.3) is 0 Å². The molecule has 1 N–H and O–H groups in total. The average Bonchev–Trinajstić information content (AvgIpc) is 2.82. The summed E-state index contributed by atoms with van der Waals surface area (Å²) in [7, 11) is -3.61. The van der Waals surface area contributed by atoms with Crippen molar-refractivity contribution in [2.45, 2.75) is 17.9 Å². The van der Waals surface area contributed by atoms with Gasteiger partial charge in [-0.15, -0.1) is 0 Å². The maximum Gasteiger partial charge on any atom is 0.242 e. The molecule has 0 saturated heterocycles. The largest absolute Gasteiger partial charge is 0.468 e. The van der Waals surface area contributed by atoms with Crippen LogP contribution in [0.2, 0.25) is 0 Å². The zero-order valence-electron chi connectivity index (χ0n) is 9.50. The highest BCUT2D eigenvalue weighted by Gasteiger charge is 2.20. The lowest BCUT2D eigenvalue weighted by Crippen LogP contribution is -2.26. The van der Waals surface area contributed by atoms with Gasteiger partial charge in [-0.3, -0.25) is 4.98 Å². The van der Waals surface area contributed by atoms with E-state index in [1.807, 2.05) is 0 Å². The minimum absolute atomic E-state index is 0.107. The van der Waals surface area contributed by atoms with Crippen molar-refractivity contribution in [2.75, 3.05) is 0 Å². The van der Waals surface area contributed by atoms with Crippen LogP contribution in [0.5, 0.6) is 0 Å². The lowest BCUT2D eigenvalue weighted by molar-refractivity contribution is 0.459. The van der Waals surface area contributed by atoms with Gasteiger partial charge in [-0.25, -0.2) is 13.1 Å². The molecule has 2 rings (SSSR count). The molecule has 0 radical (unpaired) electrons. The Morgan fingerprint density at radius 3 is 2.83 bits per heavy atom. The van der Waals surface area contributed by atoms with Gasteiger partial charge in [0.05, 0.1) is 12.3 Å². The second-order valence-electron chi connectivity index (χ2n) is 3.70. The van der Waals surface area contributed by atoms with E-state index in [4.69, 9.17) is 4.42 Å². The number of hydrogen-bond acceptors (Lipinski definition) is 4. The van der Waals surface area contributed by atoms with Crippen molar-refractivity contribution in [3.05, 3.63) is 47.1 Å². The molecule has 2 aromatic heterocycles. The van der Waals surface area contributed by atoms with Crippen LogP contribution in [0, 0.1) is 0 Å². The van der Waals surface area contributed by atoms with E-state index in [1.165, 1.54) is 24.7 Å². The summed E-state index contributed by atoms with van der Waals surface area (Å²) in [6.07, 6.45) is 4.32. The highest BCUT2D eigenvalue weighted by atomic mass is 79.9. The van der Waals surface area contributed by atoms with Crippen LogP contribution in [0.4, 0.5) is 0 Å². The number of nitrogens with one attached hydrogen (secondary N) is 1. The lowest BCUT2D eigenvalue weighted by Gasteiger charge is -2.11. The number of furan rings is 1. The Morgan fingerprint density at radius 1 is 1.44 bits per heavy atom. The van der Waals surface area contributed by atoms with Crippen LogP contribution in [-0.4, -0.2) is 13.4 Å². The van der Waals surface area contributed by atoms with E-state index in [1.54, 1.807) is 19.1 Å². The van der Waals surface area contributed by atoms with E-state index in [0.29, 0.717) is 10.2 Å². The summed E-state index contributed by atoms with van der Waals surface area (Å²) in [4.78, 5) is 3.94. The first-order valence-electron chi connectivity index (χ1n) is 5.15. The summed E-state index contributed by atoms with van der Waals surface area (Å²) in [5.74, 6) is 0.557. The first kappa shape index (κ1) is 13.3. The first-order chi connectivity index (χ1) is 8.49. The van der Waals surface area contributed by atoms with Crippen LogP contribution in [0.15, 0.2) is 50.6 Å². The number of sulfonamides is 1. The number of rotatable bonds is 4. The van der Waals surface area contributed by atoms with Gasteiger partial charge < -0.3 is 4.42 Å². The van der Waals surface area contributed by atoms with Crippen LogP contribution < -0.4 is 4.72 Å². The number of hydrogen-bond donors (Lipinski definition) is 1. The molecule has 0 aliphatic carbocycles. The van der Waals surface area contributed by atoms with E-state index < -0.39 is 16.1 Å². The van der Waals surface area contributed by atoms with Crippen molar-refractivity contribution in [1.82, 2.24) is 9.71 Å². The Morgan fingerprint density at radius 2 is 2.22 bits per heavy atom. The Kier molecular flexibility index (Phi) is 3.84. The number of halogens is 1. The Labute approximate surface area is 113 Å². The van der Waals surface area contributed by atoms with Crippen LogP contribution in [-0.2, 0) is 10.0 Å². The van der Waals surface area contributed by atoms with Crippen LogP contribution in [0.1, 0.15) is 18.7 Å². The normalized spacial score (nSPS) is 13.4. The molecule has 0 amide bonds. The van der Waals surface area contributed by atoms with Gasteiger partial charge >= 0.3 is 0 Å². The Bertz CT molecular complexity index is 625. The highest BCUT2D eigenvalue weighted by molar-refractivity contribution is 9.10. The van der Waals surface area contributed by atoms with Crippen LogP contribution in [0.3, 0.4) is 0 Å². The average molecular weight is 331 g/mol. The van der Waals surface area contributed by atoms with Gasteiger partial charge in [0, 0.05) is 16.9 Å². The Balaban J connectivity index is 2.22. The molecule has 18 heavy (non-hydrogen) atoms. The van der Waals surface area contributed by atoms with Gasteiger partial charge in [-0.1, -0.05) is 0 Å². The molecule has 1 unspecified atom stereocenters. The number of pyridine rings is 1. The summed E-state index contributed by atoms with van der Waals surface area (Å²) in [5.41, 5.74) is 0. The van der Waals surface area contributed by atoms with E-state index in [2.05, 4.69) is 25.6 Å². The monoisotopic (exact) mass is 330 g/mol. The van der Waals surface area contributed by atoms with E-state index >= 15 is 0 Å². The van der Waals surface area contributed by atoms with Crippen molar-refractivity contribution < 1.29 is 12.8 Å². The fourth-order valence-corrected chi connectivity index (χ4v) is 3.15. The Hall–Kier alpha value is -1.18. The zero-order chi connectivity index (χ0) is 13.2. The molecule has 5 nitrogen and oxygen atoms in total. The summed E-state index contributed by atoms with van der Waals surface area (Å²) >= 11 is 3.19. The van der Waals surface area contributed by atoms with Crippen molar-refractivity contribution in [3.8, 4) is 0 Å². The highest BCUT2D eigenvalue weighted by Crippen LogP contribution is 2.18. The molecule has 0 fully saturated rings. The van der Waals surface area contributed by atoms with Crippen molar-refractivity contribution >= 4 is 26.0 Å². The van der Waals surface area contributed by atoms with Gasteiger partial charge in [0.1, 0.15) is 10.7 Å². The quantitative estimate of drug-likeness (QED) is 0.934. The first-order valence-corrected chi connectivity index (χ1v) is 7.43. The topological polar surface area (TPSA) is 72.2 Å². The molecule has 2 aromatic rings. The van der Waals surface area contributed by atoms with E-state index in [9.17, 15) is 8.42 Å². The molecule has 96 valence electrons. The minimum Gasteiger partial charge on any atom is -0.468 e. The maximum absolute atomic E-state index is 12.1. The zero-order valence-corrected chi connectivity index (χ0v) is 11.9. The minimum atomic E-state index is -3.61. The molecule has 7 heteroatoms. The summed E-state index contributed by atoms with van der Waals surface area (Å²) in [6, 6.07) is 4.47. The van der Waals surface area contributed by atoms with Gasteiger partial charge in [-0.05, 0) is 41.1 Å². The fourth-order valence-electron chi connectivity index (χ4n) is 1.44. The standard InChI is InChI=1S/C11H11BrN2O3S/c1-8(11-3-2-4-17-11)14-18(15,16)10-5-9(12)6-13-7-10/h2-8,14H,1H3.